The maximum Gasteiger partial charge on any atom is 0.136 e. The van der Waals surface area contributed by atoms with Crippen LogP contribution in [0.15, 0.2) is 0 Å². The molecule has 2 aliphatic carbocycles. The van der Waals surface area contributed by atoms with Gasteiger partial charge < -0.3 is 5.11 Å². The summed E-state index contributed by atoms with van der Waals surface area (Å²) in [6.07, 6.45) is 1.39. The molecule has 2 aliphatic rings. The molecule has 0 saturated heterocycles. The molecule has 0 spiro atoms. The van der Waals surface area contributed by atoms with Gasteiger partial charge >= 0.3 is 0 Å². The summed E-state index contributed by atoms with van der Waals surface area (Å²) in [5, 5.41) is 9.11. The van der Waals surface area contributed by atoms with Crippen LogP contribution in [-0.4, -0.2) is 22.9 Å². The Balaban J connectivity index is 2.20. The van der Waals surface area contributed by atoms with Gasteiger partial charge in [0, 0.05) is 24.3 Å². The van der Waals surface area contributed by atoms with Gasteiger partial charge in [-0.15, -0.1) is 11.6 Å². The Morgan fingerprint density at radius 2 is 2.36 bits per heavy atom. The lowest BCUT2D eigenvalue weighted by Crippen LogP contribution is -2.16. The smallest absolute Gasteiger partial charge is 0.136 e. The topological polar surface area (TPSA) is 37.3 Å². The summed E-state index contributed by atoms with van der Waals surface area (Å²) in [5.74, 6) is 0.822. The van der Waals surface area contributed by atoms with E-state index in [9.17, 15) is 4.79 Å². The van der Waals surface area contributed by atoms with E-state index in [4.69, 9.17) is 16.7 Å². The second-order valence-corrected chi connectivity index (χ2v) is 4.10. The molecule has 0 radical (unpaired) electrons. The number of rotatable bonds is 1. The van der Waals surface area contributed by atoms with Crippen molar-refractivity contribution < 1.29 is 9.90 Å². The molecule has 0 unspecified atom stereocenters. The molecule has 0 amide bonds. The number of Topliss-reactive ketones (excluding diaryl/α,β-unsaturated/α-hetero) is 1. The Bertz CT molecular complexity index is 193. The molecule has 0 aromatic carbocycles. The van der Waals surface area contributed by atoms with Crippen LogP contribution in [0.1, 0.15) is 12.8 Å². The first-order valence-corrected chi connectivity index (χ1v) is 4.45. The van der Waals surface area contributed by atoms with E-state index in [1.54, 1.807) is 0 Å². The molecule has 1 N–H and O–H groups in total. The van der Waals surface area contributed by atoms with Crippen LogP contribution in [0.5, 0.6) is 0 Å². The van der Waals surface area contributed by atoms with E-state index in [0.717, 1.165) is 6.42 Å². The maximum atomic E-state index is 11.2. The van der Waals surface area contributed by atoms with Crippen LogP contribution in [0, 0.1) is 17.8 Å². The standard InChI is InChI=1S/C8H11ClO2/c9-7-1-5-6(3-10)4(7)2-8(5)11/h4-7,10H,1-3H2/t4-,5-,6-,7+/m0/s1. The van der Waals surface area contributed by atoms with Crippen LogP contribution >= 0.6 is 11.6 Å². The van der Waals surface area contributed by atoms with Crippen molar-refractivity contribution >= 4 is 17.4 Å². The third-order valence-corrected chi connectivity index (χ3v) is 3.57. The van der Waals surface area contributed by atoms with Crippen molar-refractivity contribution in [2.75, 3.05) is 6.61 Å². The number of aliphatic hydroxyl groups excluding tert-OH is 1. The van der Waals surface area contributed by atoms with Gasteiger partial charge in [0.2, 0.25) is 0 Å². The molecular weight excluding hydrogens is 164 g/mol. The number of halogens is 1. The summed E-state index contributed by atoms with van der Waals surface area (Å²) in [4.78, 5) is 11.2. The lowest BCUT2D eigenvalue weighted by Gasteiger charge is -2.13. The number of ketones is 1. The zero-order valence-corrected chi connectivity index (χ0v) is 6.92. The molecule has 0 aromatic rings. The van der Waals surface area contributed by atoms with E-state index < -0.39 is 0 Å². The Morgan fingerprint density at radius 1 is 1.64 bits per heavy atom. The van der Waals surface area contributed by atoms with Crippen molar-refractivity contribution in [1.82, 2.24) is 0 Å². The first-order chi connectivity index (χ1) is 5.24. The van der Waals surface area contributed by atoms with Crippen LogP contribution in [0.2, 0.25) is 0 Å². The van der Waals surface area contributed by atoms with Crippen molar-refractivity contribution in [2.45, 2.75) is 18.2 Å². The highest BCUT2D eigenvalue weighted by molar-refractivity contribution is 6.21. The zero-order chi connectivity index (χ0) is 8.01. The predicted octanol–water partition coefficient (Wildman–Crippen LogP) is 0.811. The van der Waals surface area contributed by atoms with Crippen LogP contribution in [0.4, 0.5) is 0 Å². The van der Waals surface area contributed by atoms with Crippen molar-refractivity contribution in [3.8, 4) is 0 Å². The van der Waals surface area contributed by atoms with Crippen LogP contribution in [0.3, 0.4) is 0 Å². The fourth-order valence-electron chi connectivity index (χ4n) is 2.45. The summed E-state index contributed by atoms with van der Waals surface area (Å²) in [6.45, 7) is 0.129. The molecule has 0 aromatic heterocycles. The molecule has 2 nitrogen and oxygen atoms in total. The van der Waals surface area contributed by atoms with Crippen LogP contribution in [-0.2, 0) is 4.79 Å². The Morgan fingerprint density at radius 3 is 2.73 bits per heavy atom. The third-order valence-electron chi connectivity index (χ3n) is 3.07. The molecule has 2 saturated carbocycles. The largest absolute Gasteiger partial charge is 0.396 e. The van der Waals surface area contributed by atoms with Gasteiger partial charge in [-0.1, -0.05) is 0 Å². The fourth-order valence-corrected chi connectivity index (χ4v) is 2.92. The van der Waals surface area contributed by atoms with E-state index in [-0.39, 0.29) is 29.7 Å². The monoisotopic (exact) mass is 174 g/mol. The summed E-state index contributed by atoms with van der Waals surface area (Å²) in [7, 11) is 0. The molecule has 62 valence electrons. The summed E-state index contributed by atoms with van der Waals surface area (Å²) in [6, 6.07) is 0. The summed E-state index contributed by atoms with van der Waals surface area (Å²) >= 11 is 5.98. The number of hydrogen-bond donors (Lipinski definition) is 1. The van der Waals surface area contributed by atoms with Gasteiger partial charge in [0.15, 0.2) is 0 Å². The number of aliphatic hydroxyl groups is 1. The van der Waals surface area contributed by atoms with Crippen molar-refractivity contribution in [1.29, 1.82) is 0 Å². The highest BCUT2D eigenvalue weighted by Gasteiger charge is 2.51. The zero-order valence-electron chi connectivity index (χ0n) is 6.16. The second-order valence-electron chi connectivity index (χ2n) is 3.54. The molecule has 2 bridgehead atoms. The molecule has 11 heavy (non-hydrogen) atoms. The molecule has 0 aliphatic heterocycles. The van der Waals surface area contributed by atoms with Gasteiger partial charge in [0.1, 0.15) is 5.78 Å². The van der Waals surface area contributed by atoms with Gasteiger partial charge in [-0.25, -0.2) is 0 Å². The second kappa shape index (κ2) is 2.46. The normalized spacial score (nSPS) is 48.7. The van der Waals surface area contributed by atoms with Crippen molar-refractivity contribution in [3.05, 3.63) is 0 Å². The average Bonchev–Trinajstić information content (AvgIpc) is 2.42. The van der Waals surface area contributed by atoms with Gasteiger partial charge in [0.25, 0.3) is 0 Å². The minimum Gasteiger partial charge on any atom is -0.396 e. The van der Waals surface area contributed by atoms with Gasteiger partial charge in [-0.05, 0) is 18.3 Å². The molecule has 0 heterocycles. The number of carbonyl (C=O) groups is 1. The third kappa shape index (κ3) is 0.926. The van der Waals surface area contributed by atoms with E-state index in [1.165, 1.54) is 0 Å². The minimum absolute atomic E-state index is 0.0764. The number of carbonyl (C=O) groups excluding carboxylic acids is 1. The summed E-state index contributed by atoms with van der Waals surface area (Å²) in [5.41, 5.74) is 0. The number of hydrogen-bond acceptors (Lipinski definition) is 2. The van der Waals surface area contributed by atoms with Crippen LogP contribution in [0.25, 0.3) is 0 Å². The Labute approximate surface area is 70.5 Å². The molecule has 3 heteroatoms. The lowest BCUT2D eigenvalue weighted by molar-refractivity contribution is -0.122. The van der Waals surface area contributed by atoms with Gasteiger partial charge in [0.05, 0.1) is 0 Å². The molecule has 4 atom stereocenters. The predicted molar refractivity (Wildman–Crippen MR) is 41.4 cm³/mol. The van der Waals surface area contributed by atoms with Crippen molar-refractivity contribution in [2.24, 2.45) is 17.8 Å². The maximum absolute atomic E-state index is 11.2. The Hall–Kier alpha value is -0.0800. The van der Waals surface area contributed by atoms with E-state index in [0.29, 0.717) is 12.2 Å². The molecule has 2 rings (SSSR count). The minimum atomic E-state index is 0.0764. The van der Waals surface area contributed by atoms with Gasteiger partial charge in [-0.3, -0.25) is 4.79 Å². The average molecular weight is 175 g/mol. The highest BCUT2D eigenvalue weighted by Crippen LogP contribution is 2.49. The lowest BCUT2D eigenvalue weighted by atomic mass is 9.99. The summed E-state index contributed by atoms with van der Waals surface area (Å²) < 4.78 is 0. The SMILES string of the molecule is O=C1C[C@H]2[C@H](CO)[C@@H]1C[C@H]2Cl. The van der Waals surface area contributed by atoms with Crippen molar-refractivity contribution in [3.63, 3.8) is 0 Å². The fraction of sp³-hybridized carbons (Fsp3) is 0.875. The highest BCUT2D eigenvalue weighted by atomic mass is 35.5. The molecule has 2 fully saturated rings. The first-order valence-electron chi connectivity index (χ1n) is 4.01. The quantitative estimate of drug-likeness (QED) is 0.598. The molecular formula is C8H11ClO2. The first kappa shape index (κ1) is 7.56. The van der Waals surface area contributed by atoms with E-state index in [2.05, 4.69) is 0 Å². The van der Waals surface area contributed by atoms with Crippen LogP contribution < -0.4 is 0 Å². The number of alkyl halides is 1. The van der Waals surface area contributed by atoms with Gasteiger partial charge in [-0.2, -0.15) is 0 Å². The Kier molecular flexibility index (Phi) is 1.69. The van der Waals surface area contributed by atoms with E-state index in [1.807, 2.05) is 0 Å². The number of fused-ring (bicyclic) bond motifs is 2. The van der Waals surface area contributed by atoms with E-state index >= 15 is 0 Å².